The second-order valence-electron chi connectivity index (χ2n) is 5.38. The topological polar surface area (TPSA) is 131 Å². The van der Waals surface area contributed by atoms with E-state index in [0.29, 0.717) is 5.56 Å². The number of nitrogens with zero attached hydrogens (tertiary/aromatic N) is 2. The van der Waals surface area contributed by atoms with Crippen molar-refractivity contribution in [3.63, 3.8) is 0 Å². The Kier molecular flexibility index (Phi) is 5.91. The molecule has 10 heteroatoms. The van der Waals surface area contributed by atoms with Gasteiger partial charge in [0.1, 0.15) is 11.7 Å². The number of carbonyl (C=O) groups excluding carboxylic acids is 1. The standard InChI is InChI=1S/C17H16N2O8/c1-10(11-5-4-6-12(7-11)18(21)22)27-17(20)13-8-15(25-2)16(26-3)9-14(13)19(23)24/h4-10H,1-3H3/t10-/m0/s1. The van der Waals surface area contributed by atoms with Gasteiger partial charge in [0.05, 0.1) is 30.1 Å². The van der Waals surface area contributed by atoms with Crippen molar-refractivity contribution in [2.24, 2.45) is 0 Å². The molecule has 0 spiro atoms. The number of non-ortho nitro benzene ring substituents is 1. The number of hydrogen-bond acceptors (Lipinski definition) is 8. The molecule has 0 aliphatic heterocycles. The molecule has 2 aromatic rings. The van der Waals surface area contributed by atoms with E-state index < -0.39 is 27.6 Å². The number of nitro groups is 2. The molecule has 0 amide bonds. The van der Waals surface area contributed by atoms with Crippen LogP contribution >= 0.6 is 0 Å². The highest BCUT2D eigenvalue weighted by Gasteiger charge is 2.27. The molecule has 2 aromatic carbocycles. The zero-order valence-electron chi connectivity index (χ0n) is 14.7. The summed E-state index contributed by atoms with van der Waals surface area (Å²) < 4.78 is 15.3. The molecular formula is C17H16N2O8. The lowest BCUT2D eigenvalue weighted by Gasteiger charge is -2.15. The van der Waals surface area contributed by atoms with Crippen molar-refractivity contribution in [2.45, 2.75) is 13.0 Å². The Balaban J connectivity index is 2.35. The largest absolute Gasteiger partial charge is 0.493 e. The maximum absolute atomic E-state index is 12.5. The molecule has 10 nitrogen and oxygen atoms in total. The lowest BCUT2D eigenvalue weighted by Crippen LogP contribution is -2.12. The Labute approximate surface area is 153 Å². The normalized spacial score (nSPS) is 11.4. The maximum atomic E-state index is 12.5. The first-order valence-electron chi connectivity index (χ1n) is 7.64. The lowest BCUT2D eigenvalue weighted by atomic mass is 10.1. The summed E-state index contributed by atoms with van der Waals surface area (Å²) in [5.74, 6) is -0.757. The first kappa shape index (κ1) is 19.6. The van der Waals surface area contributed by atoms with Gasteiger partial charge in [0.2, 0.25) is 0 Å². The second kappa shape index (κ2) is 8.13. The number of hydrogen-bond donors (Lipinski definition) is 0. The minimum atomic E-state index is -0.971. The van der Waals surface area contributed by atoms with Gasteiger partial charge in [-0.15, -0.1) is 0 Å². The van der Waals surface area contributed by atoms with E-state index in [4.69, 9.17) is 14.2 Å². The van der Waals surface area contributed by atoms with E-state index in [1.807, 2.05) is 0 Å². The quantitative estimate of drug-likeness (QED) is 0.408. The number of nitro benzene ring substituents is 2. The number of methoxy groups -OCH3 is 2. The molecule has 2 rings (SSSR count). The van der Waals surface area contributed by atoms with Gasteiger partial charge in [0.25, 0.3) is 11.4 Å². The van der Waals surface area contributed by atoms with Crippen LogP contribution in [-0.2, 0) is 4.74 Å². The van der Waals surface area contributed by atoms with E-state index >= 15 is 0 Å². The Hall–Kier alpha value is -3.69. The molecule has 0 bridgehead atoms. The third kappa shape index (κ3) is 4.29. The summed E-state index contributed by atoms with van der Waals surface area (Å²) in [6, 6.07) is 7.79. The lowest BCUT2D eigenvalue weighted by molar-refractivity contribution is -0.385. The third-order valence-electron chi connectivity index (χ3n) is 3.75. The van der Waals surface area contributed by atoms with E-state index in [9.17, 15) is 25.0 Å². The van der Waals surface area contributed by atoms with Crippen LogP contribution in [0.1, 0.15) is 28.9 Å². The number of rotatable bonds is 7. The number of ether oxygens (including phenoxy) is 3. The Bertz CT molecular complexity index is 896. The second-order valence-corrected chi connectivity index (χ2v) is 5.38. The molecule has 0 aliphatic carbocycles. The van der Waals surface area contributed by atoms with Gasteiger partial charge in [-0.05, 0) is 12.5 Å². The van der Waals surface area contributed by atoms with Crippen molar-refractivity contribution < 1.29 is 28.9 Å². The molecule has 0 saturated carbocycles. The van der Waals surface area contributed by atoms with Crippen LogP contribution in [0.25, 0.3) is 0 Å². The molecule has 0 aromatic heterocycles. The summed E-state index contributed by atoms with van der Waals surface area (Å²) in [5.41, 5.74) is -0.619. The van der Waals surface area contributed by atoms with E-state index in [0.717, 1.165) is 12.1 Å². The molecule has 0 unspecified atom stereocenters. The summed E-state index contributed by atoms with van der Waals surface area (Å²) in [7, 11) is 2.63. The number of benzene rings is 2. The van der Waals surface area contributed by atoms with Gasteiger partial charge in [-0.2, -0.15) is 0 Å². The average molecular weight is 376 g/mol. The molecule has 0 fully saturated rings. The molecule has 0 N–H and O–H groups in total. The van der Waals surface area contributed by atoms with Crippen LogP contribution in [0.4, 0.5) is 11.4 Å². The van der Waals surface area contributed by atoms with E-state index in [1.165, 1.54) is 39.3 Å². The zero-order chi connectivity index (χ0) is 20.1. The van der Waals surface area contributed by atoms with E-state index in [-0.39, 0.29) is 22.7 Å². The number of carbonyl (C=O) groups is 1. The van der Waals surface area contributed by atoms with Crippen LogP contribution in [0, 0.1) is 20.2 Å². The van der Waals surface area contributed by atoms with Gasteiger partial charge in [-0.3, -0.25) is 20.2 Å². The van der Waals surface area contributed by atoms with Crippen molar-refractivity contribution in [1.29, 1.82) is 0 Å². The van der Waals surface area contributed by atoms with Crippen LogP contribution in [0.15, 0.2) is 36.4 Å². The smallest absolute Gasteiger partial charge is 0.345 e. The Morgan fingerprint density at radius 2 is 1.63 bits per heavy atom. The van der Waals surface area contributed by atoms with Crippen LogP contribution in [-0.4, -0.2) is 30.0 Å². The predicted octanol–water partition coefficient (Wildman–Crippen LogP) is 3.44. The van der Waals surface area contributed by atoms with Crippen LogP contribution in [0.3, 0.4) is 0 Å². The fourth-order valence-electron chi connectivity index (χ4n) is 2.37. The SMILES string of the molecule is COc1cc(C(=O)O[C@@H](C)c2cccc([N+](=O)[O-])c2)c([N+](=O)[O-])cc1OC. The summed E-state index contributed by atoms with van der Waals surface area (Å²) in [5, 5.41) is 22.2. The van der Waals surface area contributed by atoms with Gasteiger partial charge in [0, 0.05) is 18.2 Å². The summed E-state index contributed by atoms with van der Waals surface area (Å²) >= 11 is 0. The van der Waals surface area contributed by atoms with E-state index in [2.05, 4.69) is 0 Å². The molecule has 0 heterocycles. The minimum Gasteiger partial charge on any atom is -0.493 e. The Morgan fingerprint density at radius 3 is 2.19 bits per heavy atom. The van der Waals surface area contributed by atoms with Crippen molar-refractivity contribution in [3.8, 4) is 11.5 Å². The van der Waals surface area contributed by atoms with Crippen LogP contribution in [0.2, 0.25) is 0 Å². The van der Waals surface area contributed by atoms with Gasteiger partial charge < -0.3 is 14.2 Å². The summed E-state index contributed by atoms with van der Waals surface area (Å²) in [4.78, 5) is 33.3. The van der Waals surface area contributed by atoms with Gasteiger partial charge in [-0.25, -0.2) is 4.79 Å². The molecule has 0 saturated heterocycles. The van der Waals surface area contributed by atoms with Gasteiger partial charge >= 0.3 is 5.97 Å². The molecule has 142 valence electrons. The highest BCUT2D eigenvalue weighted by atomic mass is 16.6. The highest BCUT2D eigenvalue weighted by Crippen LogP contribution is 2.35. The number of esters is 1. The van der Waals surface area contributed by atoms with Crippen molar-refractivity contribution in [2.75, 3.05) is 14.2 Å². The third-order valence-corrected chi connectivity index (χ3v) is 3.75. The fraction of sp³-hybridized carbons (Fsp3) is 0.235. The van der Waals surface area contributed by atoms with Crippen molar-refractivity contribution in [3.05, 3.63) is 67.8 Å². The highest BCUT2D eigenvalue weighted by molar-refractivity contribution is 5.95. The Morgan fingerprint density at radius 1 is 1.00 bits per heavy atom. The minimum absolute atomic E-state index is 0.0903. The maximum Gasteiger partial charge on any atom is 0.345 e. The molecule has 27 heavy (non-hydrogen) atoms. The molecular weight excluding hydrogens is 360 g/mol. The molecule has 0 aliphatic rings. The summed E-state index contributed by atoms with van der Waals surface area (Å²) in [6.45, 7) is 1.50. The first-order valence-corrected chi connectivity index (χ1v) is 7.64. The molecule has 1 atom stereocenters. The van der Waals surface area contributed by atoms with Crippen LogP contribution in [0.5, 0.6) is 11.5 Å². The fourth-order valence-corrected chi connectivity index (χ4v) is 2.37. The molecule has 0 radical (unpaired) electrons. The first-order chi connectivity index (χ1) is 12.8. The summed E-state index contributed by atoms with van der Waals surface area (Å²) in [6.07, 6.45) is -0.870. The van der Waals surface area contributed by atoms with Gasteiger partial charge in [0.15, 0.2) is 11.5 Å². The zero-order valence-corrected chi connectivity index (χ0v) is 14.7. The average Bonchev–Trinajstić information content (AvgIpc) is 2.66. The van der Waals surface area contributed by atoms with Crippen molar-refractivity contribution >= 4 is 17.3 Å². The van der Waals surface area contributed by atoms with E-state index in [1.54, 1.807) is 6.07 Å². The predicted molar refractivity (Wildman–Crippen MR) is 93.1 cm³/mol. The monoisotopic (exact) mass is 376 g/mol. The van der Waals surface area contributed by atoms with Crippen LogP contribution < -0.4 is 9.47 Å². The van der Waals surface area contributed by atoms with Crippen molar-refractivity contribution in [1.82, 2.24) is 0 Å². The van der Waals surface area contributed by atoms with Gasteiger partial charge in [-0.1, -0.05) is 12.1 Å².